The van der Waals surface area contributed by atoms with Gasteiger partial charge in [-0.1, -0.05) is 28.1 Å². The van der Waals surface area contributed by atoms with E-state index >= 15 is 0 Å². The van der Waals surface area contributed by atoms with Crippen molar-refractivity contribution in [1.29, 1.82) is 0 Å². The lowest BCUT2D eigenvalue weighted by molar-refractivity contribution is 0.227. The van der Waals surface area contributed by atoms with E-state index in [1.807, 2.05) is 12.1 Å². The minimum atomic E-state index is 0.361. The van der Waals surface area contributed by atoms with E-state index in [-0.39, 0.29) is 0 Å². The fourth-order valence-electron chi connectivity index (χ4n) is 2.06. The molecular formula is C12H16BrNO. The zero-order valence-electron chi connectivity index (χ0n) is 8.69. The summed E-state index contributed by atoms with van der Waals surface area (Å²) in [6.07, 6.45) is 2.53. The SMILES string of the molecule is Oc1cccc(CN2CCCC(Br)C2)c1. The summed E-state index contributed by atoms with van der Waals surface area (Å²) in [5.74, 6) is 0.361. The van der Waals surface area contributed by atoms with Crippen LogP contribution < -0.4 is 0 Å². The summed E-state index contributed by atoms with van der Waals surface area (Å²) in [7, 11) is 0. The summed E-state index contributed by atoms with van der Waals surface area (Å²) >= 11 is 3.67. The van der Waals surface area contributed by atoms with Crippen LogP contribution in [0.3, 0.4) is 0 Å². The summed E-state index contributed by atoms with van der Waals surface area (Å²) in [6, 6.07) is 7.53. The van der Waals surface area contributed by atoms with Gasteiger partial charge in [-0.2, -0.15) is 0 Å². The summed E-state index contributed by atoms with van der Waals surface area (Å²) < 4.78 is 0. The quantitative estimate of drug-likeness (QED) is 0.835. The first-order valence-corrected chi connectivity index (χ1v) is 6.30. The molecule has 0 aromatic heterocycles. The van der Waals surface area contributed by atoms with Crippen LogP contribution in [0.15, 0.2) is 24.3 Å². The molecule has 3 heteroatoms. The molecule has 0 amide bonds. The fraction of sp³-hybridized carbons (Fsp3) is 0.500. The standard InChI is InChI=1S/C12H16BrNO/c13-11-4-2-6-14(9-11)8-10-3-1-5-12(15)7-10/h1,3,5,7,11,15H,2,4,6,8-9H2. The van der Waals surface area contributed by atoms with Gasteiger partial charge in [-0.15, -0.1) is 0 Å². The number of hydrogen-bond acceptors (Lipinski definition) is 2. The maximum atomic E-state index is 9.37. The predicted molar refractivity (Wildman–Crippen MR) is 65.3 cm³/mol. The van der Waals surface area contributed by atoms with Crippen molar-refractivity contribution in [1.82, 2.24) is 4.90 Å². The topological polar surface area (TPSA) is 23.5 Å². The van der Waals surface area contributed by atoms with Gasteiger partial charge in [-0.3, -0.25) is 4.90 Å². The number of piperidine rings is 1. The molecule has 1 heterocycles. The van der Waals surface area contributed by atoms with Gasteiger partial charge in [0.05, 0.1) is 0 Å². The molecule has 1 fully saturated rings. The van der Waals surface area contributed by atoms with Crippen LogP contribution in [0.1, 0.15) is 18.4 Å². The minimum Gasteiger partial charge on any atom is -0.508 e. The lowest BCUT2D eigenvalue weighted by Gasteiger charge is -2.29. The van der Waals surface area contributed by atoms with Crippen molar-refractivity contribution in [2.75, 3.05) is 13.1 Å². The van der Waals surface area contributed by atoms with Gasteiger partial charge in [0.15, 0.2) is 0 Å². The van der Waals surface area contributed by atoms with Gasteiger partial charge in [0, 0.05) is 17.9 Å². The average molecular weight is 270 g/mol. The number of phenols is 1. The second-order valence-corrected chi connectivity index (χ2v) is 5.44. The zero-order chi connectivity index (χ0) is 10.7. The lowest BCUT2D eigenvalue weighted by Crippen LogP contribution is -2.35. The van der Waals surface area contributed by atoms with Gasteiger partial charge in [0.25, 0.3) is 0 Å². The van der Waals surface area contributed by atoms with E-state index in [4.69, 9.17) is 0 Å². The van der Waals surface area contributed by atoms with Crippen molar-refractivity contribution in [3.63, 3.8) is 0 Å². The van der Waals surface area contributed by atoms with Crippen LogP contribution in [0.4, 0.5) is 0 Å². The Labute approximate surface area is 99.0 Å². The Kier molecular flexibility index (Phi) is 3.65. The zero-order valence-corrected chi connectivity index (χ0v) is 10.3. The maximum Gasteiger partial charge on any atom is 0.115 e. The number of aromatic hydroxyl groups is 1. The number of likely N-dealkylation sites (tertiary alicyclic amines) is 1. The van der Waals surface area contributed by atoms with E-state index in [0.29, 0.717) is 10.6 Å². The Morgan fingerprint density at radius 3 is 3.07 bits per heavy atom. The number of rotatable bonds is 2. The maximum absolute atomic E-state index is 9.37. The Bertz CT molecular complexity index is 329. The van der Waals surface area contributed by atoms with Gasteiger partial charge in [0.2, 0.25) is 0 Å². The highest BCUT2D eigenvalue weighted by Crippen LogP contribution is 2.20. The smallest absolute Gasteiger partial charge is 0.115 e. The molecule has 1 aromatic carbocycles. The summed E-state index contributed by atoms with van der Waals surface area (Å²) in [6.45, 7) is 3.21. The highest BCUT2D eigenvalue weighted by molar-refractivity contribution is 9.09. The normalized spacial score (nSPS) is 22.9. The highest BCUT2D eigenvalue weighted by Gasteiger charge is 2.17. The third-order valence-electron chi connectivity index (χ3n) is 2.76. The Morgan fingerprint density at radius 2 is 2.33 bits per heavy atom. The van der Waals surface area contributed by atoms with Crippen molar-refractivity contribution in [3.05, 3.63) is 29.8 Å². The first-order valence-electron chi connectivity index (χ1n) is 5.38. The third kappa shape index (κ3) is 3.21. The van der Waals surface area contributed by atoms with E-state index in [1.165, 1.54) is 18.4 Å². The van der Waals surface area contributed by atoms with Gasteiger partial charge >= 0.3 is 0 Å². The van der Waals surface area contributed by atoms with E-state index in [1.54, 1.807) is 6.07 Å². The molecule has 0 spiro atoms. The predicted octanol–water partition coefficient (Wildman–Crippen LogP) is 2.75. The van der Waals surface area contributed by atoms with Crippen LogP contribution >= 0.6 is 15.9 Å². The largest absolute Gasteiger partial charge is 0.508 e. The Balaban J connectivity index is 1.96. The molecule has 0 radical (unpaired) electrons. The third-order valence-corrected chi connectivity index (χ3v) is 3.51. The molecule has 1 saturated heterocycles. The fourth-order valence-corrected chi connectivity index (χ4v) is 2.79. The van der Waals surface area contributed by atoms with Crippen molar-refractivity contribution in [2.24, 2.45) is 0 Å². The molecule has 1 aromatic rings. The van der Waals surface area contributed by atoms with Crippen LogP contribution in [-0.2, 0) is 6.54 Å². The molecule has 0 saturated carbocycles. The summed E-state index contributed by atoms with van der Waals surface area (Å²) in [5, 5.41) is 9.37. The van der Waals surface area contributed by atoms with Crippen molar-refractivity contribution >= 4 is 15.9 Å². The number of benzene rings is 1. The monoisotopic (exact) mass is 269 g/mol. The van der Waals surface area contributed by atoms with Gasteiger partial charge in [-0.25, -0.2) is 0 Å². The van der Waals surface area contributed by atoms with Gasteiger partial charge < -0.3 is 5.11 Å². The van der Waals surface area contributed by atoms with Gasteiger partial charge in [-0.05, 0) is 37.1 Å². The minimum absolute atomic E-state index is 0.361. The van der Waals surface area contributed by atoms with Crippen LogP contribution in [0.2, 0.25) is 0 Å². The van der Waals surface area contributed by atoms with Crippen LogP contribution in [-0.4, -0.2) is 27.9 Å². The number of phenolic OH excluding ortho intramolecular Hbond substituents is 1. The molecule has 15 heavy (non-hydrogen) atoms. The van der Waals surface area contributed by atoms with Crippen LogP contribution in [0, 0.1) is 0 Å². The molecule has 1 aliphatic heterocycles. The molecule has 2 nitrogen and oxygen atoms in total. The van der Waals surface area contributed by atoms with Crippen molar-refractivity contribution in [3.8, 4) is 5.75 Å². The van der Waals surface area contributed by atoms with E-state index < -0.39 is 0 Å². The summed E-state index contributed by atoms with van der Waals surface area (Å²) in [4.78, 5) is 3.06. The Morgan fingerprint density at radius 1 is 1.47 bits per heavy atom. The van der Waals surface area contributed by atoms with Crippen LogP contribution in [0.25, 0.3) is 0 Å². The average Bonchev–Trinajstić information content (AvgIpc) is 2.17. The van der Waals surface area contributed by atoms with E-state index in [2.05, 4.69) is 26.9 Å². The molecule has 1 atom stereocenters. The second kappa shape index (κ2) is 4.99. The van der Waals surface area contributed by atoms with Crippen LogP contribution in [0.5, 0.6) is 5.75 Å². The first-order chi connectivity index (χ1) is 7.24. The first kappa shape index (κ1) is 11.0. The number of nitrogens with zero attached hydrogens (tertiary/aromatic N) is 1. The highest BCUT2D eigenvalue weighted by atomic mass is 79.9. The molecule has 82 valence electrons. The van der Waals surface area contributed by atoms with E-state index in [0.717, 1.165) is 19.6 Å². The summed E-state index contributed by atoms with van der Waals surface area (Å²) in [5.41, 5.74) is 1.19. The molecule has 2 rings (SSSR count). The molecule has 0 aliphatic carbocycles. The number of hydrogen-bond donors (Lipinski definition) is 1. The molecular weight excluding hydrogens is 254 g/mol. The number of alkyl halides is 1. The molecule has 0 bridgehead atoms. The van der Waals surface area contributed by atoms with Crippen molar-refractivity contribution in [2.45, 2.75) is 24.2 Å². The molecule has 1 unspecified atom stereocenters. The lowest BCUT2D eigenvalue weighted by atomic mass is 10.1. The van der Waals surface area contributed by atoms with Gasteiger partial charge in [0.1, 0.15) is 5.75 Å². The second-order valence-electron chi connectivity index (χ2n) is 4.14. The molecule has 1 N–H and O–H groups in total. The van der Waals surface area contributed by atoms with E-state index in [9.17, 15) is 5.11 Å². The number of halogens is 1. The molecule has 1 aliphatic rings. The Hall–Kier alpha value is -0.540. The van der Waals surface area contributed by atoms with Crippen molar-refractivity contribution < 1.29 is 5.11 Å².